The van der Waals surface area contributed by atoms with Gasteiger partial charge in [0.15, 0.2) is 0 Å². The first kappa shape index (κ1) is 16.1. The lowest BCUT2D eigenvalue weighted by molar-refractivity contribution is -0.384. The highest BCUT2D eigenvalue weighted by molar-refractivity contribution is 5.94. The normalized spacial score (nSPS) is 17.5. The van der Waals surface area contributed by atoms with Gasteiger partial charge in [0.05, 0.1) is 18.1 Å². The Morgan fingerprint density at radius 1 is 1.25 bits per heavy atom. The van der Waals surface area contributed by atoms with Crippen LogP contribution in [0.25, 0.3) is 0 Å². The summed E-state index contributed by atoms with van der Waals surface area (Å²) in [5.41, 5.74) is 0.932. The Labute approximate surface area is 137 Å². The highest BCUT2D eigenvalue weighted by Crippen LogP contribution is 2.24. The first-order chi connectivity index (χ1) is 11.5. The average Bonchev–Trinajstić information content (AvgIpc) is 2.62. The van der Waals surface area contributed by atoms with Crippen LogP contribution in [0.1, 0.15) is 22.0 Å². The lowest BCUT2D eigenvalue weighted by Gasteiger charge is -2.33. The molecule has 0 N–H and O–H groups in total. The van der Waals surface area contributed by atoms with Crippen molar-refractivity contribution in [3.05, 3.63) is 75.6 Å². The zero-order chi connectivity index (χ0) is 17.1. The summed E-state index contributed by atoms with van der Waals surface area (Å²) in [5.74, 6) is -0.617. The van der Waals surface area contributed by atoms with Crippen molar-refractivity contribution in [3.8, 4) is 0 Å². The predicted octanol–water partition coefficient (Wildman–Crippen LogP) is 2.95. The number of rotatable bonds is 3. The van der Waals surface area contributed by atoms with Crippen molar-refractivity contribution in [1.29, 1.82) is 0 Å². The number of benzene rings is 2. The summed E-state index contributed by atoms with van der Waals surface area (Å²) in [5, 5.41) is 10.8. The van der Waals surface area contributed by atoms with Crippen molar-refractivity contribution in [2.75, 3.05) is 19.7 Å². The quantitative estimate of drug-likeness (QED) is 0.641. The number of ether oxygens (including phenoxy) is 1. The number of nitrogens with zero attached hydrogens (tertiary/aromatic N) is 2. The van der Waals surface area contributed by atoms with E-state index in [4.69, 9.17) is 4.74 Å². The Morgan fingerprint density at radius 2 is 2.00 bits per heavy atom. The number of hydrogen-bond acceptors (Lipinski definition) is 4. The Kier molecular flexibility index (Phi) is 4.52. The molecule has 0 bridgehead atoms. The summed E-state index contributed by atoms with van der Waals surface area (Å²) in [7, 11) is 0. The van der Waals surface area contributed by atoms with Gasteiger partial charge in [-0.1, -0.05) is 18.2 Å². The molecule has 1 amide bonds. The maximum Gasteiger partial charge on any atom is 0.270 e. The van der Waals surface area contributed by atoms with E-state index in [0.717, 1.165) is 5.56 Å². The molecular formula is C17H15FN2O4. The van der Waals surface area contributed by atoms with Gasteiger partial charge in [-0.2, -0.15) is 0 Å². The zero-order valence-corrected chi connectivity index (χ0v) is 12.7. The maximum absolute atomic E-state index is 13.0. The standard InChI is InChI=1S/C17H15FN2O4/c18-14-6-4-12(5-7-14)16-11-19(8-9-24-16)17(21)13-2-1-3-15(10-13)20(22)23/h1-7,10,16H,8-9,11H2. The van der Waals surface area contributed by atoms with E-state index in [1.165, 1.54) is 30.3 Å². The number of halogens is 1. The molecule has 0 spiro atoms. The molecule has 3 rings (SSSR count). The van der Waals surface area contributed by atoms with Crippen LogP contribution in [0.5, 0.6) is 0 Å². The Balaban J connectivity index is 1.76. The van der Waals surface area contributed by atoms with Crippen LogP contribution in [0.3, 0.4) is 0 Å². The molecule has 0 saturated carbocycles. The SMILES string of the molecule is O=C(c1cccc([N+](=O)[O-])c1)N1CCOC(c2ccc(F)cc2)C1. The molecule has 0 aliphatic carbocycles. The van der Waals surface area contributed by atoms with Crippen LogP contribution in [0.2, 0.25) is 0 Å². The lowest BCUT2D eigenvalue weighted by Crippen LogP contribution is -2.42. The van der Waals surface area contributed by atoms with Crippen LogP contribution in [0.15, 0.2) is 48.5 Å². The Hall–Kier alpha value is -2.80. The van der Waals surface area contributed by atoms with E-state index in [2.05, 4.69) is 0 Å². The van der Waals surface area contributed by atoms with E-state index in [1.807, 2.05) is 0 Å². The molecule has 24 heavy (non-hydrogen) atoms. The number of nitro benzene ring substituents is 1. The predicted molar refractivity (Wildman–Crippen MR) is 84.1 cm³/mol. The maximum atomic E-state index is 13.0. The van der Waals surface area contributed by atoms with Gasteiger partial charge in [0.2, 0.25) is 0 Å². The second-order valence-corrected chi connectivity index (χ2v) is 5.47. The van der Waals surface area contributed by atoms with E-state index in [9.17, 15) is 19.3 Å². The molecule has 1 unspecified atom stereocenters. The van der Waals surface area contributed by atoms with Gasteiger partial charge < -0.3 is 9.64 Å². The molecule has 0 aromatic heterocycles. The fraction of sp³-hybridized carbons (Fsp3) is 0.235. The van der Waals surface area contributed by atoms with Crippen molar-refractivity contribution in [2.45, 2.75) is 6.10 Å². The van der Waals surface area contributed by atoms with Crippen LogP contribution >= 0.6 is 0 Å². The van der Waals surface area contributed by atoms with Gasteiger partial charge in [-0.25, -0.2) is 4.39 Å². The van der Waals surface area contributed by atoms with E-state index in [-0.39, 0.29) is 29.1 Å². The fourth-order valence-electron chi connectivity index (χ4n) is 2.65. The highest BCUT2D eigenvalue weighted by atomic mass is 19.1. The van der Waals surface area contributed by atoms with Crippen molar-refractivity contribution < 1.29 is 18.8 Å². The molecular weight excluding hydrogens is 315 g/mol. The number of morpholine rings is 1. The highest BCUT2D eigenvalue weighted by Gasteiger charge is 2.26. The summed E-state index contributed by atoms with van der Waals surface area (Å²) < 4.78 is 18.7. The summed E-state index contributed by atoms with van der Waals surface area (Å²) in [6.07, 6.45) is -0.345. The minimum Gasteiger partial charge on any atom is -0.370 e. The number of nitro groups is 1. The summed E-state index contributed by atoms with van der Waals surface area (Å²) in [6, 6.07) is 11.6. The van der Waals surface area contributed by atoms with Crippen molar-refractivity contribution in [2.24, 2.45) is 0 Å². The molecule has 1 aliphatic heterocycles. The van der Waals surface area contributed by atoms with Crippen LogP contribution in [-0.2, 0) is 4.74 Å². The summed E-state index contributed by atoms with van der Waals surface area (Å²) >= 11 is 0. The molecule has 1 atom stereocenters. The van der Waals surface area contributed by atoms with E-state index in [0.29, 0.717) is 19.7 Å². The average molecular weight is 330 g/mol. The lowest BCUT2D eigenvalue weighted by atomic mass is 10.1. The third-order valence-corrected chi connectivity index (χ3v) is 3.90. The molecule has 7 heteroatoms. The van der Waals surface area contributed by atoms with Crippen LogP contribution < -0.4 is 0 Å². The van der Waals surface area contributed by atoms with Crippen molar-refractivity contribution >= 4 is 11.6 Å². The minimum absolute atomic E-state index is 0.121. The number of carbonyl (C=O) groups excluding carboxylic acids is 1. The molecule has 2 aromatic rings. The molecule has 1 fully saturated rings. The molecule has 1 heterocycles. The van der Waals surface area contributed by atoms with Crippen LogP contribution in [0.4, 0.5) is 10.1 Å². The zero-order valence-electron chi connectivity index (χ0n) is 12.7. The first-order valence-corrected chi connectivity index (χ1v) is 7.45. The van der Waals surface area contributed by atoms with Gasteiger partial charge in [-0.3, -0.25) is 14.9 Å². The van der Waals surface area contributed by atoms with Crippen LogP contribution in [-0.4, -0.2) is 35.4 Å². The second-order valence-electron chi connectivity index (χ2n) is 5.47. The first-order valence-electron chi connectivity index (χ1n) is 7.45. The Morgan fingerprint density at radius 3 is 2.71 bits per heavy atom. The summed E-state index contributed by atoms with van der Waals surface area (Å²) in [4.78, 5) is 24.5. The number of non-ortho nitro benzene ring substituents is 1. The Bertz CT molecular complexity index is 763. The fourth-order valence-corrected chi connectivity index (χ4v) is 2.65. The molecule has 0 radical (unpaired) electrons. The number of hydrogen-bond donors (Lipinski definition) is 0. The molecule has 1 saturated heterocycles. The monoisotopic (exact) mass is 330 g/mol. The third kappa shape index (κ3) is 3.41. The van der Waals surface area contributed by atoms with E-state index >= 15 is 0 Å². The van der Waals surface area contributed by atoms with Crippen molar-refractivity contribution in [3.63, 3.8) is 0 Å². The molecule has 1 aliphatic rings. The van der Waals surface area contributed by atoms with E-state index < -0.39 is 4.92 Å². The largest absolute Gasteiger partial charge is 0.370 e. The molecule has 124 valence electrons. The van der Waals surface area contributed by atoms with E-state index in [1.54, 1.807) is 23.1 Å². The summed E-state index contributed by atoms with van der Waals surface area (Å²) in [6.45, 7) is 1.06. The topological polar surface area (TPSA) is 72.7 Å². The van der Waals surface area contributed by atoms with Crippen LogP contribution in [0, 0.1) is 15.9 Å². The van der Waals surface area contributed by atoms with Crippen molar-refractivity contribution in [1.82, 2.24) is 4.90 Å². The van der Waals surface area contributed by atoms with Gasteiger partial charge in [0.1, 0.15) is 11.9 Å². The van der Waals surface area contributed by atoms with Gasteiger partial charge >= 0.3 is 0 Å². The third-order valence-electron chi connectivity index (χ3n) is 3.90. The van der Waals surface area contributed by atoms with Gasteiger partial charge in [-0.15, -0.1) is 0 Å². The van der Waals surface area contributed by atoms with Gasteiger partial charge in [0, 0.05) is 24.2 Å². The molecule has 6 nitrogen and oxygen atoms in total. The number of carbonyl (C=O) groups is 1. The smallest absolute Gasteiger partial charge is 0.270 e. The van der Waals surface area contributed by atoms with Gasteiger partial charge in [-0.05, 0) is 23.8 Å². The minimum atomic E-state index is -0.530. The van der Waals surface area contributed by atoms with Gasteiger partial charge in [0.25, 0.3) is 11.6 Å². The molecule has 2 aromatic carbocycles. The number of amides is 1. The second kappa shape index (κ2) is 6.76.